The van der Waals surface area contributed by atoms with E-state index in [2.05, 4.69) is 39.2 Å². The van der Waals surface area contributed by atoms with Crippen molar-refractivity contribution in [2.24, 2.45) is 0 Å². The molecule has 176 valence electrons. The summed E-state index contributed by atoms with van der Waals surface area (Å²) in [4.78, 5) is 13.6. The zero-order valence-electron chi connectivity index (χ0n) is 20.5. The van der Waals surface area contributed by atoms with Gasteiger partial charge in [-0.25, -0.2) is 0 Å². The quantitative estimate of drug-likeness (QED) is 0.326. The molecule has 2 aromatic carbocycles. The van der Waals surface area contributed by atoms with Crippen molar-refractivity contribution in [3.05, 3.63) is 53.1 Å². The van der Waals surface area contributed by atoms with Crippen molar-refractivity contribution in [3.8, 4) is 17.2 Å². The summed E-state index contributed by atoms with van der Waals surface area (Å²) in [6.45, 7) is 15.9. The normalized spacial score (nSPS) is 13.3. The molecule has 0 spiro atoms. The van der Waals surface area contributed by atoms with E-state index in [-0.39, 0.29) is 10.8 Å². The second-order valence-corrected chi connectivity index (χ2v) is 14.6. The van der Waals surface area contributed by atoms with Gasteiger partial charge in [-0.15, -0.1) is 0 Å². The molecule has 3 rings (SSSR count). The summed E-state index contributed by atoms with van der Waals surface area (Å²) in [6, 6.07) is 11.2. The van der Waals surface area contributed by atoms with E-state index >= 15 is 0 Å². The second kappa shape index (κ2) is 9.69. The molecule has 0 aromatic heterocycles. The fraction of sp³-hybridized carbons (Fsp3) is 0.385. The van der Waals surface area contributed by atoms with E-state index in [0.717, 1.165) is 17.0 Å². The van der Waals surface area contributed by atoms with Crippen molar-refractivity contribution in [2.75, 3.05) is 18.5 Å². The molecule has 1 aliphatic carbocycles. The standard InChI is InChI=1S/C26H33NO4SSi/c1-8-29-19-12-10-11-18(15-19)27-25(32)21-13-17-14-22(30-9-2)23(16-20(17)24(21)28)31-33(6,7)26(3,4)5/h10-16H,8-9H2,1-7H3,(H,27,32). The summed E-state index contributed by atoms with van der Waals surface area (Å²) in [5.74, 6) is 1.89. The maximum absolute atomic E-state index is 13.3. The molecule has 0 unspecified atom stereocenters. The van der Waals surface area contributed by atoms with Crippen molar-refractivity contribution < 1.29 is 18.7 Å². The Labute approximate surface area is 203 Å². The van der Waals surface area contributed by atoms with Gasteiger partial charge in [0.15, 0.2) is 11.5 Å². The molecule has 7 heteroatoms. The molecule has 0 bridgehead atoms. The largest absolute Gasteiger partial charge is 0.541 e. The minimum Gasteiger partial charge on any atom is -0.541 e. The van der Waals surface area contributed by atoms with Crippen molar-refractivity contribution in [1.82, 2.24) is 0 Å². The molecular formula is C26H33NO4SSi. The van der Waals surface area contributed by atoms with E-state index in [1.54, 1.807) is 0 Å². The maximum Gasteiger partial charge on any atom is 0.250 e. The molecule has 0 atom stereocenters. The van der Waals surface area contributed by atoms with E-state index < -0.39 is 8.32 Å². The Kier molecular flexibility index (Phi) is 7.34. The Bertz CT molecular complexity index is 1100. The monoisotopic (exact) mass is 483 g/mol. The Hall–Kier alpha value is -2.64. The predicted octanol–water partition coefficient (Wildman–Crippen LogP) is 6.89. The predicted molar refractivity (Wildman–Crippen MR) is 142 cm³/mol. The number of Topliss-reactive ketones (excluding diaryl/α,β-unsaturated/α-hetero) is 1. The lowest BCUT2D eigenvalue weighted by atomic mass is 10.1. The summed E-state index contributed by atoms with van der Waals surface area (Å²) < 4.78 is 18.0. The van der Waals surface area contributed by atoms with Gasteiger partial charge in [-0.1, -0.05) is 39.1 Å². The van der Waals surface area contributed by atoms with E-state index in [4.69, 9.17) is 26.1 Å². The number of carbonyl (C=O) groups excluding carboxylic acids is 1. The number of nitrogens with one attached hydrogen (secondary N) is 1. The van der Waals surface area contributed by atoms with Gasteiger partial charge >= 0.3 is 0 Å². The van der Waals surface area contributed by atoms with Crippen molar-refractivity contribution in [3.63, 3.8) is 0 Å². The lowest BCUT2D eigenvalue weighted by Crippen LogP contribution is -2.44. The van der Waals surface area contributed by atoms with Crippen molar-refractivity contribution in [2.45, 2.75) is 52.8 Å². The van der Waals surface area contributed by atoms with Crippen LogP contribution in [0.1, 0.15) is 50.5 Å². The van der Waals surface area contributed by atoms with Crippen LogP contribution < -0.4 is 19.2 Å². The minimum absolute atomic E-state index is 0.0183. The number of ketones is 1. The van der Waals surface area contributed by atoms with Crippen LogP contribution in [0.2, 0.25) is 18.1 Å². The zero-order chi connectivity index (χ0) is 24.4. The van der Waals surface area contributed by atoms with Gasteiger partial charge in [0.1, 0.15) is 16.5 Å². The minimum atomic E-state index is -2.12. The van der Waals surface area contributed by atoms with Crippen LogP contribution in [0, 0.1) is 0 Å². The first-order valence-corrected chi connectivity index (χ1v) is 14.6. The lowest BCUT2D eigenvalue weighted by molar-refractivity contribution is 0.104. The summed E-state index contributed by atoms with van der Waals surface area (Å²) in [5, 5.41) is 3.19. The van der Waals surface area contributed by atoms with Crippen molar-refractivity contribution in [1.29, 1.82) is 0 Å². The van der Waals surface area contributed by atoms with Gasteiger partial charge < -0.3 is 19.2 Å². The van der Waals surface area contributed by atoms with Gasteiger partial charge in [-0.05, 0) is 67.9 Å². The lowest BCUT2D eigenvalue weighted by Gasteiger charge is -2.37. The Morgan fingerprint density at radius 1 is 1.03 bits per heavy atom. The number of benzene rings is 2. The van der Waals surface area contributed by atoms with Gasteiger partial charge in [-0.2, -0.15) is 0 Å². The molecule has 0 saturated heterocycles. The highest BCUT2D eigenvalue weighted by Crippen LogP contribution is 2.42. The fourth-order valence-corrected chi connectivity index (χ4v) is 4.52. The van der Waals surface area contributed by atoms with Crippen molar-refractivity contribution >= 4 is 43.1 Å². The van der Waals surface area contributed by atoms with Gasteiger partial charge in [0.25, 0.3) is 8.32 Å². The molecule has 1 N–H and O–H groups in total. The molecule has 1 aliphatic rings. The third kappa shape index (κ3) is 5.47. The van der Waals surface area contributed by atoms with Gasteiger partial charge in [0.2, 0.25) is 0 Å². The number of fused-ring (bicyclic) bond motifs is 1. The van der Waals surface area contributed by atoms with Crippen LogP contribution in [0.3, 0.4) is 0 Å². The first kappa shape index (κ1) is 25.0. The Balaban J connectivity index is 1.89. The van der Waals surface area contributed by atoms with Gasteiger partial charge in [-0.3, -0.25) is 4.79 Å². The number of carbonyl (C=O) groups is 1. The molecule has 0 saturated carbocycles. The SMILES string of the molecule is CCOc1cccc(NC(=S)C2=Cc3cc(OCC)c(O[Si](C)(C)C(C)(C)C)cc3C2=O)c1. The molecule has 2 aromatic rings. The molecule has 0 amide bonds. The maximum atomic E-state index is 13.3. The summed E-state index contributed by atoms with van der Waals surface area (Å²) in [6.07, 6.45) is 1.82. The molecule has 0 aliphatic heterocycles. The number of anilines is 1. The highest BCUT2D eigenvalue weighted by Gasteiger charge is 2.40. The average molecular weight is 484 g/mol. The highest BCUT2D eigenvalue weighted by molar-refractivity contribution is 7.81. The van der Waals surface area contributed by atoms with E-state index in [1.807, 2.05) is 56.3 Å². The number of hydrogen-bond acceptors (Lipinski definition) is 5. The summed E-state index contributed by atoms with van der Waals surface area (Å²) >= 11 is 5.58. The van der Waals surface area contributed by atoms with E-state index in [0.29, 0.717) is 40.8 Å². The number of thiocarbonyl (C=S) groups is 1. The number of hydrogen-bond donors (Lipinski definition) is 1. The third-order valence-electron chi connectivity index (χ3n) is 6.02. The number of ether oxygens (including phenoxy) is 2. The van der Waals surface area contributed by atoms with Crippen LogP contribution in [-0.4, -0.2) is 32.3 Å². The van der Waals surface area contributed by atoms with Crippen LogP contribution >= 0.6 is 12.2 Å². The van der Waals surface area contributed by atoms with Crippen LogP contribution in [0.5, 0.6) is 17.2 Å². The molecule has 33 heavy (non-hydrogen) atoms. The smallest absolute Gasteiger partial charge is 0.250 e. The molecule has 0 heterocycles. The topological polar surface area (TPSA) is 56.8 Å². The Morgan fingerprint density at radius 3 is 2.36 bits per heavy atom. The second-order valence-electron chi connectivity index (χ2n) is 9.48. The van der Waals surface area contributed by atoms with Crippen LogP contribution in [0.4, 0.5) is 5.69 Å². The van der Waals surface area contributed by atoms with Gasteiger partial charge in [0.05, 0.1) is 18.8 Å². The molecule has 0 radical (unpaired) electrons. The molecule has 0 fully saturated rings. The zero-order valence-corrected chi connectivity index (χ0v) is 22.3. The highest BCUT2D eigenvalue weighted by atomic mass is 32.1. The first-order chi connectivity index (χ1) is 15.5. The fourth-order valence-electron chi connectivity index (χ4n) is 3.23. The van der Waals surface area contributed by atoms with E-state index in [1.165, 1.54) is 0 Å². The van der Waals surface area contributed by atoms with Gasteiger partial charge in [0, 0.05) is 17.3 Å². The average Bonchev–Trinajstić information content (AvgIpc) is 3.04. The third-order valence-corrected chi connectivity index (χ3v) is 10.7. The van der Waals surface area contributed by atoms with Crippen LogP contribution in [0.25, 0.3) is 6.08 Å². The molecular weight excluding hydrogens is 450 g/mol. The van der Waals surface area contributed by atoms with Crippen LogP contribution in [0.15, 0.2) is 42.0 Å². The molecule has 5 nitrogen and oxygen atoms in total. The summed E-state index contributed by atoms with van der Waals surface area (Å²) in [7, 11) is -2.12. The number of rotatable bonds is 8. The first-order valence-electron chi connectivity index (χ1n) is 11.3. The van der Waals surface area contributed by atoms with Crippen LogP contribution in [-0.2, 0) is 0 Å². The van der Waals surface area contributed by atoms with E-state index in [9.17, 15) is 4.79 Å². The summed E-state index contributed by atoms with van der Waals surface area (Å²) in [5.41, 5.74) is 2.59. The Morgan fingerprint density at radius 2 is 1.73 bits per heavy atom.